The molecule has 0 spiro atoms. The van der Waals surface area contributed by atoms with E-state index in [-0.39, 0.29) is 12.7 Å². The van der Waals surface area contributed by atoms with Gasteiger partial charge in [0.2, 0.25) is 0 Å². The summed E-state index contributed by atoms with van der Waals surface area (Å²) in [4.78, 5) is 13.3. The molecule has 0 aliphatic heterocycles. The third-order valence-corrected chi connectivity index (χ3v) is 0.589. The van der Waals surface area contributed by atoms with E-state index in [1.165, 1.54) is 0 Å². The van der Waals surface area contributed by atoms with Crippen LogP contribution in [0.3, 0.4) is 0 Å². The van der Waals surface area contributed by atoms with Gasteiger partial charge in [0.05, 0.1) is 0 Å². The number of hydrogen-bond acceptors (Lipinski definition) is 2. The highest BCUT2D eigenvalue weighted by Crippen LogP contribution is 1.82. The Morgan fingerprint density at radius 1 is 1.88 bits per heavy atom. The van der Waals surface area contributed by atoms with Gasteiger partial charge in [0, 0.05) is 6.42 Å². The van der Waals surface area contributed by atoms with Crippen LogP contribution in [-0.2, 0) is 9.53 Å². The highest BCUT2D eigenvalue weighted by Gasteiger charge is 1.97. The standard InChI is InChI=1S/C5H8NO2/c1-3-5(7)8-4-6-2/h2H,3-4H2,1H3/q+1. The van der Waals surface area contributed by atoms with E-state index in [1.807, 2.05) is 0 Å². The fourth-order valence-corrected chi connectivity index (χ4v) is 0.211. The van der Waals surface area contributed by atoms with E-state index >= 15 is 0 Å². The molecule has 0 saturated carbocycles. The lowest BCUT2D eigenvalue weighted by molar-refractivity contribution is -0.142. The summed E-state index contributed by atoms with van der Waals surface area (Å²) in [6, 6.07) is 0. The summed E-state index contributed by atoms with van der Waals surface area (Å²) in [6.07, 6.45) is 0.371. The molecular weight excluding hydrogens is 106 g/mol. The first-order chi connectivity index (χ1) is 3.81. The number of rotatable bonds is 2. The minimum Gasteiger partial charge on any atom is -0.391 e. The Balaban J connectivity index is 3.15. The zero-order chi connectivity index (χ0) is 6.41. The quantitative estimate of drug-likeness (QED) is 0.498. The van der Waals surface area contributed by atoms with E-state index in [2.05, 4.69) is 16.2 Å². The van der Waals surface area contributed by atoms with Gasteiger partial charge in [-0.15, -0.1) is 0 Å². The molecule has 0 amide bonds. The Bertz CT molecular complexity index is 114. The number of hydrogen-bond donors (Lipinski definition) is 0. The predicted octanol–water partition coefficient (Wildman–Crippen LogP) is 0.860. The zero-order valence-electron chi connectivity index (χ0n) is 4.76. The Kier molecular flexibility index (Phi) is 3.59. The summed E-state index contributed by atoms with van der Waals surface area (Å²) in [5.74, 6) is -0.279. The average molecular weight is 114 g/mol. The SMILES string of the molecule is C#[N+]COC(=O)CC. The molecule has 0 rings (SSSR count). The normalized spacial score (nSPS) is 7.50. The van der Waals surface area contributed by atoms with Crippen molar-refractivity contribution in [3.05, 3.63) is 4.85 Å². The molecule has 0 saturated heterocycles. The van der Waals surface area contributed by atoms with Crippen molar-refractivity contribution in [2.24, 2.45) is 0 Å². The molecular formula is C5H8NO2+. The second kappa shape index (κ2) is 4.13. The van der Waals surface area contributed by atoms with Crippen LogP contribution in [0.1, 0.15) is 13.3 Å². The maximum atomic E-state index is 10.2. The Morgan fingerprint density at radius 2 is 2.50 bits per heavy atom. The van der Waals surface area contributed by atoms with Gasteiger partial charge in [-0.05, 0) is 4.85 Å². The molecule has 3 nitrogen and oxygen atoms in total. The molecule has 0 aromatic heterocycles. The van der Waals surface area contributed by atoms with Gasteiger partial charge in [0.25, 0.3) is 6.57 Å². The summed E-state index contributed by atoms with van der Waals surface area (Å²) < 4.78 is 4.41. The largest absolute Gasteiger partial charge is 0.406 e. The minimum absolute atomic E-state index is 0.0350. The molecule has 3 heteroatoms. The number of nitrogens with zero attached hydrogens (tertiary/aromatic N) is 1. The molecule has 0 aliphatic rings. The molecule has 0 aromatic rings. The third kappa shape index (κ3) is 3.16. The minimum atomic E-state index is -0.279. The summed E-state index contributed by atoms with van der Waals surface area (Å²) in [6.45, 7) is 6.35. The highest BCUT2D eigenvalue weighted by molar-refractivity contribution is 5.68. The lowest BCUT2D eigenvalue weighted by Gasteiger charge is -1.87. The van der Waals surface area contributed by atoms with Crippen molar-refractivity contribution in [2.45, 2.75) is 13.3 Å². The van der Waals surface area contributed by atoms with Gasteiger partial charge in [0.1, 0.15) is 0 Å². The van der Waals surface area contributed by atoms with Crippen LogP contribution in [0.15, 0.2) is 0 Å². The topological polar surface area (TPSA) is 30.7 Å². The first-order valence-electron chi connectivity index (χ1n) is 2.33. The van der Waals surface area contributed by atoms with Crippen LogP contribution in [-0.4, -0.2) is 12.7 Å². The van der Waals surface area contributed by atoms with Crippen LogP contribution in [0.4, 0.5) is 0 Å². The fraction of sp³-hybridized carbons (Fsp3) is 0.600. The number of esters is 1. The zero-order valence-corrected chi connectivity index (χ0v) is 4.76. The summed E-state index contributed by atoms with van der Waals surface area (Å²) >= 11 is 0. The van der Waals surface area contributed by atoms with E-state index < -0.39 is 0 Å². The number of carbonyl (C=O) groups excluding carboxylic acids is 1. The van der Waals surface area contributed by atoms with Gasteiger partial charge < -0.3 is 4.74 Å². The molecule has 8 heavy (non-hydrogen) atoms. The second-order valence-corrected chi connectivity index (χ2v) is 1.18. The van der Waals surface area contributed by atoms with Crippen LogP contribution in [0.25, 0.3) is 4.85 Å². The molecule has 0 fully saturated rings. The first kappa shape index (κ1) is 6.96. The average Bonchev–Trinajstić information content (AvgIpc) is 1.83. The number of carbonyl (C=O) groups is 1. The molecule has 0 N–H and O–H groups in total. The third-order valence-electron chi connectivity index (χ3n) is 0.589. The first-order valence-corrected chi connectivity index (χ1v) is 2.33. The molecule has 0 aromatic carbocycles. The van der Waals surface area contributed by atoms with E-state index in [0.717, 1.165) is 0 Å². The van der Waals surface area contributed by atoms with Crippen molar-refractivity contribution in [2.75, 3.05) is 6.73 Å². The fourth-order valence-electron chi connectivity index (χ4n) is 0.211. The maximum Gasteiger partial charge on any atom is 0.406 e. The predicted molar refractivity (Wildman–Crippen MR) is 29.6 cm³/mol. The summed E-state index contributed by atoms with van der Waals surface area (Å²) in [5.41, 5.74) is 0. The maximum absolute atomic E-state index is 10.2. The Hall–Kier alpha value is -1.04. The van der Waals surface area contributed by atoms with Gasteiger partial charge in [-0.3, -0.25) is 4.79 Å². The Morgan fingerprint density at radius 3 is 2.88 bits per heavy atom. The van der Waals surface area contributed by atoms with E-state index in [9.17, 15) is 4.79 Å². The van der Waals surface area contributed by atoms with Crippen molar-refractivity contribution in [3.8, 4) is 6.57 Å². The van der Waals surface area contributed by atoms with E-state index in [4.69, 9.17) is 0 Å². The summed E-state index contributed by atoms with van der Waals surface area (Å²) in [5, 5.41) is 0. The van der Waals surface area contributed by atoms with Gasteiger partial charge in [-0.2, -0.15) is 0 Å². The van der Waals surface area contributed by atoms with Crippen LogP contribution in [0.2, 0.25) is 0 Å². The number of ether oxygens (including phenoxy) is 1. The monoisotopic (exact) mass is 114 g/mol. The van der Waals surface area contributed by atoms with Crippen molar-refractivity contribution in [1.29, 1.82) is 0 Å². The van der Waals surface area contributed by atoms with Crippen molar-refractivity contribution in [1.82, 2.24) is 0 Å². The lowest BCUT2D eigenvalue weighted by Crippen LogP contribution is -2.00. The molecule has 0 bridgehead atoms. The molecule has 44 valence electrons. The molecule has 0 atom stereocenters. The lowest BCUT2D eigenvalue weighted by atomic mass is 10.5. The second-order valence-electron chi connectivity index (χ2n) is 1.18. The van der Waals surface area contributed by atoms with E-state index in [0.29, 0.717) is 6.42 Å². The van der Waals surface area contributed by atoms with Crippen LogP contribution >= 0.6 is 0 Å². The van der Waals surface area contributed by atoms with Gasteiger partial charge in [0.15, 0.2) is 0 Å². The van der Waals surface area contributed by atoms with Crippen LogP contribution < -0.4 is 0 Å². The van der Waals surface area contributed by atoms with Gasteiger partial charge >= 0.3 is 12.7 Å². The van der Waals surface area contributed by atoms with E-state index in [1.54, 1.807) is 6.92 Å². The molecule has 0 heterocycles. The Labute approximate surface area is 48.1 Å². The van der Waals surface area contributed by atoms with Crippen molar-refractivity contribution < 1.29 is 9.53 Å². The molecule has 0 unspecified atom stereocenters. The smallest absolute Gasteiger partial charge is 0.391 e. The van der Waals surface area contributed by atoms with Crippen LogP contribution in [0.5, 0.6) is 0 Å². The molecule has 0 aliphatic carbocycles. The summed E-state index contributed by atoms with van der Waals surface area (Å²) in [7, 11) is 0. The highest BCUT2D eigenvalue weighted by atomic mass is 16.5. The molecule has 0 radical (unpaired) electrons. The van der Waals surface area contributed by atoms with Crippen molar-refractivity contribution in [3.63, 3.8) is 0 Å². The van der Waals surface area contributed by atoms with Gasteiger partial charge in [-0.25, -0.2) is 0 Å². The van der Waals surface area contributed by atoms with Crippen LogP contribution in [0, 0.1) is 6.57 Å². The van der Waals surface area contributed by atoms with Crippen molar-refractivity contribution >= 4 is 5.97 Å². The van der Waals surface area contributed by atoms with Gasteiger partial charge in [-0.1, -0.05) is 6.92 Å².